The smallest absolute Gasteiger partial charge is 0.198 e. The molecule has 3 heteroatoms. The molecule has 0 aliphatic heterocycles. The van der Waals surface area contributed by atoms with Gasteiger partial charge in [-0.25, -0.2) is 0 Å². The van der Waals surface area contributed by atoms with Crippen molar-refractivity contribution in [1.82, 2.24) is 4.98 Å². The maximum Gasteiger partial charge on any atom is 0.198 e. The molecule has 1 heterocycles. The molecule has 0 saturated carbocycles. The first-order valence-corrected chi connectivity index (χ1v) is 7.11. The molecule has 0 amide bonds. The van der Waals surface area contributed by atoms with Crippen molar-refractivity contribution in [2.45, 2.75) is 19.4 Å². The van der Waals surface area contributed by atoms with Crippen LogP contribution in [0.15, 0.2) is 59.6 Å². The Balaban J connectivity index is 1.80. The van der Waals surface area contributed by atoms with Gasteiger partial charge in [-0.05, 0) is 25.0 Å². The monoisotopic (exact) mass is 278 g/mol. The van der Waals surface area contributed by atoms with E-state index in [0.29, 0.717) is 0 Å². The van der Waals surface area contributed by atoms with Crippen molar-refractivity contribution in [2.75, 3.05) is 0 Å². The summed E-state index contributed by atoms with van der Waals surface area (Å²) in [5.74, 6) is 0.173. The lowest BCUT2D eigenvalue weighted by Crippen LogP contribution is -2.03. The number of hydrogen-bond acceptors (Lipinski definition) is 2. The number of nitrogens with one attached hydrogen (secondary N) is 1. The largest absolute Gasteiger partial charge is 0.494 e. The maximum absolute atomic E-state index is 9.99. The molecule has 1 atom stereocenters. The van der Waals surface area contributed by atoms with Gasteiger partial charge in [-0.2, -0.15) is 0 Å². The fourth-order valence-electron chi connectivity index (χ4n) is 2.49. The van der Waals surface area contributed by atoms with Gasteiger partial charge in [-0.1, -0.05) is 48.5 Å². The van der Waals surface area contributed by atoms with Crippen LogP contribution in [-0.4, -0.2) is 22.3 Å². The highest BCUT2D eigenvalue weighted by Gasteiger charge is 2.08. The summed E-state index contributed by atoms with van der Waals surface area (Å²) in [5, 5.41) is 11.0. The number of aromatic hydroxyl groups is 1. The van der Waals surface area contributed by atoms with E-state index in [-0.39, 0.29) is 11.9 Å². The van der Waals surface area contributed by atoms with Crippen LogP contribution in [-0.2, 0) is 6.42 Å². The van der Waals surface area contributed by atoms with E-state index in [1.165, 1.54) is 5.56 Å². The zero-order valence-electron chi connectivity index (χ0n) is 12.0. The van der Waals surface area contributed by atoms with Crippen LogP contribution < -0.4 is 0 Å². The average molecular weight is 278 g/mol. The second-order valence-corrected chi connectivity index (χ2v) is 5.25. The molecule has 0 saturated heterocycles. The lowest BCUT2D eigenvalue weighted by Gasteiger charge is -2.05. The van der Waals surface area contributed by atoms with Crippen molar-refractivity contribution < 1.29 is 5.11 Å². The van der Waals surface area contributed by atoms with Gasteiger partial charge >= 0.3 is 0 Å². The predicted molar refractivity (Wildman–Crippen MR) is 87.2 cm³/mol. The molecule has 0 aliphatic carbocycles. The topological polar surface area (TPSA) is 48.4 Å². The summed E-state index contributed by atoms with van der Waals surface area (Å²) in [7, 11) is 0. The van der Waals surface area contributed by atoms with Gasteiger partial charge in [0.1, 0.15) is 0 Å². The Hall–Kier alpha value is -2.55. The molecule has 3 aromatic rings. The summed E-state index contributed by atoms with van der Waals surface area (Å²) < 4.78 is 0. The van der Waals surface area contributed by atoms with E-state index in [0.717, 1.165) is 22.9 Å². The SMILES string of the molecule is C[C@@H](Cc1ccccc1)N=Cc1c(O)[nH]c2ccccc12. The zero-order valence-corrected chi connectivity index (χ0v) is 12.0. The molecule has 2 aromatic carbocycles. The number of aromatic amines is 1. The Kier molecular flexibility index (Phi) is 3.73. The fourth-order valence-corrected chi connectivity index (χ4v) is 2.49. The Morgan fingerprint density at radius 2 is 1.81 bits per heavy atom. The predicted octanol–water partition coefficient (Wildman–Crippen LogP) is 3.92. The van der Waals surface area contributed by atoms with Gasteiger partial charge in [0.15, 0.2) is 5.88 Å². The van der Waals surface area contributed by atoms with E-state index in [1.807, 2.05) is 42.5 Å². The summed E-state index contributed by atoms with van der Waals surface area (Å²) >= 11 is 0. The molecule has 0 radical (unpaired) electrons. The van der Waals surface area contributed by atoms with Crippen molar-refractivity contribution in [3.63, 3.8) is 0 Å². The highest BCUT2D eigenvalue weighted by atomic mass is 16.3. The molecule has 3 rings (SSSR count). The van der Waals surface area contributed by atoms with Crippen LogP contribution in [0.5, 0.6) is 5.88 Å². The first-order chi connectivity index (χ1) is 10.2. The van der Waals surface area contributed by atoms with E-state index in [9.17, 15) is 5.11 Å². The van der Waals surface area contributed by atoms with E-state index in [1.54, 1.807) is 6.21 Å². The first kappa shape index (κ1) is 13.4. The Labute approximate surface area is 124 Å². The third-order valence-corrected chi connectivity index (χ3v) is 3.56. The molecule has 106 valence electrons. The molecule has 21 heavy (non-hydrogen) atoms. The minimum absolute atomic E-state index is 0.167. The first-order valence-electron chi connectivity index (χ1n) is 7.11. The van der Waals surface area contributed by atoms with Crippen LogP contribution in [0.2, 0.25) is 0 Å². The van der Waals surface area contributed by atoms with Gasteiger partial charge in [0.2, 0.25) is 0 Å². The van der Waals surface area contributed by atoms with E-state index >= 15 is 0 Å². The Bertz CT molecular complexity index is 759. The Morgan fingerprint density at radius 1 is 1.10 bits per heavy atom. The summed E-state index contributed by atoms with van der Waals surface area (Å²) in [6.45, 7) is 2.08. The number of benzene rings is 2. The molecular weight excluding hydrogens is 260 g/mol. The van der Waals surface area contributed by atoms with Gasteiger partial charge in [-0.3, -0.25) is 4.99 Å². The lowest BCUT2D eigenvalue weighted by molar-refractivity contribution is 0.457. The van der Waals surface area contributed by atoms with Crippen molar-refractivity contribution in [2.24, 2.45) is 4.99 Å². The number of fused-ring (bicyclic) bond motifs is 1. The van der Waals surface area contributed by atoms with Crippen LogP contribution in [0.1, 0.15) is 18.1 Å². The number of rotatable bonds is 4. The minimum Gasteiger partial charge on any atom is -0.494 e. The number of para-hydroxylation sites is 1. The van der Waals surface area contributed by atoms with Gasteiger partial charge in [-0.15, -0.1) is 0 Å². The quantitative estimate of drug-likeness (QED) is 0.698. The number of hydrogen-bond donors (Lipinski definition) is 2. The molecule has 3 nitrogen and oxygen atoms in total. The number of H-pyrrole nitrogens is 1. The summed E-state index contributed by atoms with van der Waals surface area (Å²) in [4.78, 5) is 7.53. The third kappa shape index (κ3) is 2.97. The van der Waals surface area contributed by atoms with Crippen LogP contribution >= 0.6 is 0 Å². The van der Waals surface area contributed by atoms with Crippen molar-refractivity contribution in [1.29, 1.82) is 0 Å². The van der Waals surface area contributed by atoms with Crippen LogP contribution in [0.4, 0.5) is 0 Å². The molecule has 1 aromatic heterocycles. The standard InChI is InChI=1S/C18H18N2O/c1-13(11-14-7-3-2-4-8-14)19-12-16-15-9-5-6-10-17(15)20-18(16)21/h2-10,12-13,20-21H,11H2,1H3/t13-/m0/s1. The van der Waals surface area contributed by atoms with Crippen LogP contribution in [0.3, 0.4) is 0 Å². The van der Waals surface area contributed by atoms with Crippen molar-refractivity contribution in [3.05, 3.63) is 65.7 Å². The molecule has 0 unspecified atom stereocenters. The molecule has 2 N–H and O–H groups in total. The lowest BCUT2D eigenvalue weighted by atomic mass is 10.1. The second kappa shape index (κ2) is 5.83. The summed E-state index contributed by atoms with van der Waals surface area (Å²) in [5.41, 5.74) is 2.95. The van der Waals surface area contributed by atoms with Gasteiger partial charge < -0.3 is 10.1 Å². The maximum atomic E-state index is 9.99. The highest BCUT2D eigenvalue weighted by molar-refractivity contribution is 6.01. The minimum atomic E-state index is 0.167. The molecule has 0 spiro atoms. The molecule has 0 aliphatic rings. The van der Waals surface area contributed by atoms with E-state index in [4.69, 9.17) is 0 Å². The average Bonchev–Trinajstić information content (AvgIpc) is 2.81. The normalized spacial score (nSPS) is 13.0. The number of nitrogens with zero attached hydrogens (tertiary/aromatic N) is 1. The number of aromatic nitrogens is 1. The highest BCUT2D eigenvalue weighted by Crippen LogP contribution is 2.25. The van der Waals surface area contributed by atoms with Crippen LogP contribution in [0.25, 0.3) is 10.9 Å². The van der Waals surface area contributed by atoms with E-state index in [2.05, 4.69) is 29.0 Å². The third-order valence-electron chi connectivity index (χ3n) is 3.56. The summed E-state index contributed by atoms with van der Waals surface area (Å²) in [6, 6.07) is 18.3. The number of aliphatic imine (C=N–C) groups is 1. The summed E-state index contributed by atoms with van der Waals surface area (Å²) in [6.07, 6.45) is 2.65. The van der Waals surface area contributed by atoms with Gasteiger partial charge in [0.25, 0.3) is 0 Å². The second-order valence-electron chi connectivity index (χ2n) is 5.25. The molecule has 0 bridgehead atoms. The van der Waals surface area contributed by atoms with Gasteiger partial charge in [0, 0.05) is 17.1 Å². The van der Waals surface area contributed by atoms with Crippen molar-refractivity contribution in [3.8, 4) is 5.88 Å². The van der Waals surface area contributed by atoms with Gasteiger partial charge in [0.05, 0.1) is 11.6 Å². The Morgan fingerprint density at radius 3 is 2.62 bits per heavy atom. The van der Waals surface area contributed by atoms with Crippen LogP contribution in [0, 0.1) is 0 Å². The molecular formula is C18H18N2O. The van der Waals surface area contributed by atoms with Crippen molar-refractivity contribution >= 4 is 17.1 Å². The molecule has 0 fully saturated rings. The van der Waals surface area contributed by atoms with E-state index < -0.39 is 0 Å². The zero-order chi connectivity index (χ0) is 14.7. The fraction of sp³-hybridized carbons (Fsp3) is 0.167.